The van der Waals surface area contributed by atoms with Gasteiger partial charge in [-0.15, -0.1) is 0 Å². The van der Waals surface area contributed by atoms with Crippen LogP contribution in [-0.4, -0.2) is 15.0 Å². The summed E-state index contributed by atoms with van der Waals surface area (Å²) in [5, 5.41) is 4.75. The second-order valence-electron chi connectivity index (χ2n) is 12.0. The number of aromatic amines is 1. The van der Waals surface area contributed by atoms with Crippen molar-refractivity contribution in [3.05, 3.63) is 176 Å². The number of hydrogen-bond donors (Lipinski definition) is 1. The molecule has 0 amide bonds. The Morgan fingerprint density at radius 3 is 2.08 bits per heavy atom. The fourth-order valence-electron chi connectivity index (χ4n) is 6.79. The van der Waals surface area contributed by atoms with Crippen molar-refractivity contribution in [3.63, 3.8) is 0 Å². The Balaban J connectivity index is 1.24. The Kier molecular flexibility index (Phi) is 6.76. The zero-order chi connectivity index (χ0) is 31.9. The van der Waals surface area contributed by atoms with E-state index in [0.29, 0.717) is 0 Å². The standard InChI is InChI=1S/C44H30N4/c1-2-13-30(14-3-1)33-28-40(46-41(29-33)38-22-12-21-37-36-20-6-7-23-39(36)47-44(37)38)32-17-10-18-34(27-32)48(43-25-8-9-26-45-43)42-24-11-16-31-15-4-5-19-35(31)42/h1-29,47H. The van der Waals surface area contributed by atoms with Gasteiger partial charge in [-0.25, -0.2) is 9.97 Å². The minimum atomic E-state index is 0.850. The summed E-state index contributed by atoms with van der Waals surface area (Å²) in [7, 11) is 0. The van der Waals surface area contributed by atoms with Crippen LogP contribution in [0.3, 0.4) is 0 Å². The van der Waals surface area contributed by atoms with Gasteiger partial charge in [-0.05, 0) is 65.0 Å². The number of para-hydroxylation sites is 2. The molecule has 6 aromatic carbocycles. The first kappa shape index (κ1) is 27.8. The highest BCUT2D eigenvalue weighted by molar-refractivity contribution is 6.11. The molecular weight excluding hydrogens is 585 g/mol. The summed E-state index contributed by atoms with van der Waals surface area (Å²) in [6.07, 6.45) is 1.85. The Morgan fingerprint density at radius 2 is 1.19 bits per heavy atom. The van der Waals surface area contributed by atoms with Crippen molar-refractivity contribution in [3.8, 4) is 33.6 Å². The van der Waals surface area contributed by atoms with E-state index in [1.807, 2.05) is 18.3 Å². The summed E-state index contributed by atoms with van der Waals surface area (Å²) in [5.41, 5.74) is 10.5. The van der Waals surface area contributed by atoms with E-state index in [-0.39, 0.29) is 0 Å². The SMILES string of the molecule is c1ccc(-c2cc(-c3cccc(N(c4ccccn4)c4cccc5ccccc45)c3)nc(-c3cccc4c3[nH]c3ccccc34)c2)cc1. The molecule has 0 atom stereocenters. The third kappa shape index (κ3) is 4.88. The summed E-state index contributed by atoms with van der Waals surface area (Å²) in [6, 6.07) is 59.5. The van der Waals surface area contributed by atoms with Gasteiger partial charge in [0.05, 0.1) is 22.6 Å². The molecule has 3 heterocycles. The zero-order valence-electron chi connectivity index (χ0n) is 26.1. The summed E-state index contributed by atoms with van der Waals surface area (Å²) in [4.78, 5) is 16.1. The third-order valence-electron chi connectivity index (χ3n) is 9.04. The molecule has 0 aliphatic rings. The summed E-state index contributed by atoms with van der Waals surface area (Å²) >= 11 is 0. The average molecular weight is 615 g/mol. The number of aromatic nitrogens is 3. The fourth-order valence-corrected chi connectivity index (χ4v) is 6.79. The topological polar surface area (TPSA) is 44.8 Å². The van der Waals surface area contributed by atoms with E-state index in [0.717, 1.165) is 67.3 Å². The average Bonchev–Trinajstić information content (AvgIpc) is 3.55. The molecule has 0 aliphatic carbocycles. The molecule has 0 fully saturated rings. The number of benzene rings is 6. The van der Waals surface area contributed by atoms with E-state index in [9.17, 15) is 0 Å². The predicted octanol–water partition coefficient (Wildman–Crippen LogP) is 11.7. The van der Waals surface area contributed by atoms with Gasteiger partial charge < -0.3 is 4.98 Å². The third-order valence-corrected chi connectivity index (χ3v) is 9.04. The molecule has 0 saturated heterocycles. The van der Waals surface area contributed by atoms with Gasteiger partial charge in [0, 0.05) is 44.7 Å². The van der Waals surface area contributed by atoms with E-state index in [4.69, 9.17) is 9.97 Å². The van der Waals surface area contributed by atoms with Gasteiger partial charge >= 0.3 is 0 Å². The van der Waals surface area contributed by atoms with Gasteiger partial charge in [0.2, 0.25) is 0 Å². The number of nitrogens with one attached hydrogen (secondary N) is 1. The van der Waals surface area contributed by atoms with Crippen LogP contribution in [0.4, 0.5) is 17.2 Å². The first-order valence-electron chi connectivity index (χ1n) is 16.2. The zero-order valence-corrected chi connectivity index (χ0v) is 26.1. The highest BCUT2D eigenvalue weighted by atomic mass is 15.2. The fraction of sp³-hybridized carbons (Fsp3) is 0. The molecule has 3 aromatic heterocycles. The Morgan fingerprint density at radius 1 is 0.479 bits per heavy atom. The Hall–Kier alpha value is -6.52. The van der Waals surface area contributed by atoms with E-state index in [1.165, 1.54) is 16.2 Å². The minimum absolute atomic E-state index is 0.850. The van der Waals surface area contributed by atoms with Gasteiger partial charge in [0.25, 0.3) is 0 Å². The van der Waals surface area contributed by atoms with E-state index in [2.05, 4.69) is 168 Å². The van der Waals surface area contributed by atoms with Crippen LogP contribution in [0.15, 0.2) is 176 Å². The quantitative estimate of drug-likeness (QED) is 0.203. The van der Waals surface area contributed by atoms with Crippen molar-refractivity contribution in [2.75, 3.05) is 4.90 Å². The van der Waals surface area contributed by atoms with Crippen molar-refractivity contribution in [1.82, 2.24) is 15.0 Å². The first-order valence-corrected chi connectivity index (χ1v) is 16.2. The molecule has 4 heteroatoms. The van der Waals surface area contributed by atoms with Crippen LogP contribution >= 0.6 is 0 Å². The van der Waals surface area contributed by atoms with Crippen LogP contribution in [0.5, 0.6) is 0 Å². The molecule has 0 bridgehead atoms. The lowest BCUT2D eigenvalue weighted by Crippen LogP contribution is -2.12. The van der Waals surface area contributed by atoms with Gasteiger partial charge in [-0.2, -0.15) is 0 Å². The number of nitrogens with zero attached hydrogens (tertiary/aromatic N) is 3. The molecule has 9 aromatic rings. The highest BCUT2D eigenvalue weighted by Crippen LogP contribution is 2.40. The second kappa shape index (κ2) is 11.7. The molecule has 9 rings (SSSR count). The number of rotatable bonds is 6. The number of fused-ring (bicyclic) bond motifs is 4. The van der Waals surface area contributed by atoms with Gasteiger partial charge in [0.1, 0.15) is 5.82 Å². The minimum Gasteiger partial charge on any atom is -0.354 e. The molecule has 0 radical (unpaired) electrons. The number of pyridine rings is 2. The van der Waals surface area contributed by atoms with Gasteiger partial charge in [0.15, 0.2) is 0 Å². The Labute approximate surface area is 278 Å². The predicted molar refractivity (Wildman–Crippen MR) is 200 cm³/mol. The van der Waals surface area contributed by atoms with Gasteiger partial charge in [-0.3, -0.25) is 4.90 Å². The van der Waals surface area contributed by atoms with Crippen molar-refractivity contribution < 1.29 is 0 Å². The molecule has 0 aliphatic heterocycles. The summed E-state index contributed by atoms with van der Waals surface area (Å²) in [6.45, 7) is 0. The van der Waals surface area contributed by atoms with Crippen molar-refractivity contribution >= 4 is 49.8 Å². The summed E-state index contributed by atoms with van der Waals surface area (Å²) in [5.74, 6) is 0.850. The maximum Gasteiger partial charge on any atom is 0.137 e. The second-order valence-corrected chi connectivity index (χ2v) is 12.0. The van der Waals surface area contributed by atoms with Crippen molar-refractivity contribution in [2.24, 2.45) is 0 Å². The van der Waals surface area contributed by atoms with Crippen LogP contribution < -0.4 is 4.90 Å². The number of H-pyrrole nitrogens is 1. The largest absolute Gasteiger partial charge is 0.354 e. The lowest BCUT2D eigenvalue weighted by Gasteiger charge is -2.26. The first-order chi connectivity index (χ1) is 23.8. The van der Waals surface area contributed by atoms with Crippen LogP contribution in [-0.2, 0) is 0 Å². The van der Waals surface area contributed by atoms with Crippen LogP contribution in [0, 0.1) is 0 Å². The van der Waals surface area contributed by atoms with Gasteiger partial charge in [-0.1, -0.05) is 121 Å². The van der Waals surface area contributed by atoms with E-state index >= 15 is 0 Å². The molecule has 4 nitrogen and oxygen atoms in total. The van der Waals surface area contributed by atoms with E-state index in [1.54, 1.807) is 0 Å². The lowest BCUT2D eigenvalue weighted by molar-refractivity contribution is 1.19. The molecule has 0 spiro atoms. The monoisotopic (exact) mass is 614 g/mol. The lowest BCUT2D eigenvalue weighted by atomic mass is 9.98. The Bertz CT molecular complexity index is 2570. The molecule has 0 unspecified atom stereocenters. The molecular formula is C44H30N4. The number of anilines is 3. The smallest absolute Gasteiger partial charge is 0.137 e. The maximum atomic E-state index is 5.36. The number of hydrogen-bond acceptors (Lipinski definition) is 3. The molecule has 0 saturated carbocycles. The van der Waals surface area contributed by atoms with Crippen molar-refractivity contribution in [2.45, 2.75) is 0 Å². The highest BCUT2D eigenvalue weighted by Gasteiger charge is 2.18. The van der Waals surface area contributed by atoms with Crippen LogP contribution in [0.1, 0.15) is 0 Å². The van der Waals surface area contributed by atoms with Crippen LogP contribution in [0.2, 0.25) is 0 Å². The maximum absolute atomic E-state index is 5.36. The van der Waals surface area contributed by atoms with Crippen LogP contribution in [0.25, 0.3) is 66.2 Å². The molecule has 226 valence electrons. The summed E-state index contributed by atoms with van der Waals surface area (Å²) < 4.78 is 0. The van der Waals surface area contributed by atoms with E-state index < -0.39 is 0 Å². The molecule has 48 heavy (non-hydrogen) atoms. The van der Waals surface area contributed by atoms with Crippen molar-refractivity contribution in [1.29, 1.82) is 0 Å². The normalized spacial score (nSPS) is 11.3. The molecule has 1 N–H and O–H groups in total.